The summed E-state index contributed by atoms with van der Waals surface area (Å²) in [4.78, 5) is 15.8. The lowest BCUT2D eigenvalue weighted by Crippen LogP contribution is -2.15. The Morgan fingerprint density at radius 1 is 0.375 bits per heavy atom. The number of hydrogen-bond donors (Lipinski definition) is 0. The number of nitrogens with zero attached hydrogens (tertiary/aromatic N) is 3. The summed E-state index contributed by atoms with van der Waals surface area (Å²) in [5.41, 5.74) is 13.8. The predicted octanol–water partition coefficient (Wildman–Crippen LogP) is 13.6. The number of hydrogen-bond acceptors (Lipinski definition) is 4. The average Bonchev–Trinajstić information content (AvgIpc) is 3.75. The molecule has 0 radical (unpaired) electrons. The van der Waals surface area contributed by atoms with E-state index >= 15 is 0 Å². The number of benzene rings is 8. The third-order valence-corrected chi connectivity index (χ3v) is 11.5. The summed E-state index contributed by atoms with van der Waals surface area (Å²) in [5, 5.41) is 4.46. The van der Waals surface area contributed by atoms with Gasteiger partial charge in [0.15, 0.2) is 17.5 Å². The van der Waals surface area contributed by atoms with Crippen LogP contribution in [-0.2, 0) is 5.41 Å². The highest BCUT2D eigenvalue weighted by atomic mass is 16.3. The smallest absolute Gasteiger partial charge is 0.164 e. The second-order valence-corrected chi connectivity index (χ2v) is 15.2. The quantitative estimate of drug-likeness (QED) is 0.178. The molecule has 8 aromatic carbocycles. The fourth-order valence-electron chi connectivity index (χ4n) is 8.61. The van der Waals surface area contributed by atoms with Crippen LogP contribution in [0.5, 0.6) is 0 Å². The minimum Gasteiger partial charge on any atom is -0.456 e. The van der Waals surface area contributed by atoms with Gasteiger partial charge in [0.2, 0.25) is 0 Å². The maximum Gasteiger partial charge on any atom is 0.164 e. The van der Waals surface area contributed by atoms with Gasteiger partial charge in [-0.3, -0.25) is 0 Å². The third kappa shape index (κ3) is 5.18. The Kier molecular flexibility index (Phi) is 7.17. The van der Waals surface area contributed by atoms with Gasteiger partial charge < -0.3 is 4.42 Å². The van der Waals surface area contributed by atoms with Crippen LogP contribution in [0.25, 0.3) is 100 Å². The summed E-state index contributed by atoms with van der Waals surface area (Å²) < 4.78 is 6.52. The molecule has 0 fully saturated rings. The van der Waals surface area contributed by atoms with Crippen molar-refractivity contribution < 1.29 is 4.42 Å². The first-order valence-electron chi connectivity index (χ1n) is 19.1. The van der Waals surface area contributed by atoms with Gasteiger partial charge in [0.25, 0.3) is 0 Å². The molecule has 0 bridgehead atoms. The second-order valence-electron chi connectivity index (χ2n) is 15.2. The molecule has 11 rings (SSSR count). The molecule has 0 atom stereocenters. The van der Waals surface area contributed by atoms with E-state index in [0.29, 0.717) is 17.5 Å². The van der Waals surface area contributed by atoms with E-state index in [1.165, 1.54) is 38.6 Å². The second kappa shape index (κ2) is 12.4. The van der Waals surface area contributed by atoms with Crippen LogP contribution in [0.3, 0.4) is 0 Å². The summed E-state index contributed by atoms with van der Waals surface area (Å²) >= 11 is 0. The van der Waals surface area contributed by atoms with Crippen molar-refractivity contribution in [3.05, 3.63) is 187 Å². The van der Waals surface area contributed by atoms with Gasteiger partial charge in [-0.25, -0.2) is 15.0 Å². The number of fused-ring (bicyclic) bond motifs is 7. The number of para-hydroxylation sites is 1. The third-order valence-electron chi connectivity index (χ3n) is 11.5. The molecule has 1 aliphatic carbocycles. The summed E-state index contributed by atoms with van der Waals surface area (Å²) in [6.07, 6.45) is 0. The fraction of sp³-hybridized carbons (Fsp3) is 0.0577. The van der Waals surface area contributed by atoms with Gasteiger partial charge in [-0.1, -0.05) is 159 Å². The fourth-order valence-corrected chi connectivity index (χ4v) is 8.61. The molecule has 10 aromatic rings. The molecule has 0 amide bonds. The molecule has 0 saturated carbocycles. The molecule has 4 heteroatoms. The Balaban J connectivity index is 1.12. The SMILES string of the molecule is CC1(C)c2ccccc2-c2ccc(-c3nc(-c4ccc(-c5ccc6ccccc6c5)cc4)nc(-c4cc(-c5ccccc5)cc5oc6ccccc6c45)n3)cc21. The molecule has 0 unspecified atom stereocenters. The Morgan fingerprint density at radius 3 is 1.86 bits per heavy atom. The van der Waals surface area contributed by atoms with Gasteiger partial charge >= 0.3 is 0 Å². The topological polar surface area (TPSA) is 51.8 Å². The standard InChI is InChI=1S/C52H35N3O/c1-52(2)44-18-10-8-16-40(44)41-27-26-38(30-45(41)52)50-53-49(35-23-20-34(21-24-35)37-25-22-33-14-6-7-15-36(33)28-37)54-51(55-50)43-29-39(32-12-4-3-5-13-32)31-47-48(43)42-17-9-11-19-46(42)56-47/h3-31H,1-2H3. The van der Waals surface area contributed by atoms with Crippen molar-refractivity contribution in [2.45, 2.75) is 19.3 Å². The van der Waals surface area contributed by atoms with Gasteiger partial charge in [-0.2, -0.15) is 0 Å². The molecule has 0 aliphatic heterocycles. The molecule has 0 N–H and O–H groups in total. The number of rotatable bonds is 5. The zero-order valence-electron chi connectivity index (χ0n) is 31.0. The van der Waals surface area contributed by atoms with Gasteiger partial charge in [0.05, 0.1) is 0 Å². The van der Waals surface area contributed by atoms with Crippen molar-refractivity contribution in [2.75, 3.05) is 0 Å². The van der Waals surface area contributed by atoms with E-state index in [-0.39, 0.29) is 5.41 Å². The van der Waals surface area contributed by atoms with E-state index in [2.05, 4.69) is 172 Å². The molecule has 1 aliphatic rings. The van der Waals surface area contributed by atoms with E-state index < -0.39 is 0 Å². The van der Waals surface area contributed by atoms with Crippen LogP contribution in [0.1, 0.15) is 25.0 Å². The Hall–Kier alpha value is -7.17. The minimum absolute atomic E-state index is 0.162. The lowest BCUT2D eigenvalue weighted by molar-refractivity contribution is 0.660. The first-order valence-corrected chi connectivity index (χ1v) is 19.1. The van der Waals surface area contributed by atoms with Crippen molar-refractivity contribution in [2.24, 2.45) is 0 Å². The lowest BCUT2D eigenvalue weighted by Gasteiger charge is -2.21. The molecule has 56 heavy (non-hydrogen) atoms. The van der Waals surface area contributed by atoms with Crippen LogP contribution in [-0.4, -0.2) is 15.0 Å². The number of furan rings is 1. The summed E-state index contributed by atoms with van der Waals surface area (Å²) in [6.45, 7) is 4.61. The van der Waals surface area contributed by atoms with E-state index in [1.807, 2.05) is 18.2 Å². The van der Waals surface area contributed by atoms with Gasteiger partial charge in [0, 0.05) is 32.9 Å². The largest absolute Gasteiger partial charge is 0.456 e. The molecule has 4 nitrogen and oxygen atoms in total. The Bertz CT molecular complexity index is 3160. The van der Waals surface area contributed by atoms with E-state index in [9.17, 15) is 0 Å². The van der Waals surface area contributed by atoms with E-state index in [4.69, 9.17) is 19.4 Å². The van der Waals surface area contributed by atoms with Crippen LogP contribution in [0.4, 0.5) is 0 Å². The first kappa shape index (κ1) is 32.3. The highest BCUT2D eigenvalue weighted by molar-refractivity contribution is 6.13. The van der Waals surface area contributed by atoms with Gasteiger partial charge in [0.1, 0.15) is 11.2 Å². The van der Waals surface area contributed by atoms with Crippen molar-refractivity contribution in [1.29, 1.82) is 0 Å². The Morgan fingerprint density at radius 2 is 1.00 bits per heavy atom. The minimum atomic E-state index is -0.162. The summed E-state index contributed by atoms with van der Waals surface area (Å²) in [5.74, 6) is 1.84. The van der Waals surface area contributed by atoms with Crippen molar-refractivity contribution in [1.82, 2.24) is 15.0 Å². The summed E-state index contributed by atoms with van der Waals surface area (Å²) in [7, 11) is 0. The van der Waals surface area contributed by atoms with Crippen molar-refractivity contribution in [3.8, 4) is 67.5 Å². The normalized spacial score (nSPS) is 13.0. The van der Waals surface area contributed by atoms with Crippen LogP contribution in [0.15, 0.2) is 180 Å². The zero-order valence-corrected chi connectivity index (χ0v) is 31.0. The highest BCUT2D eigenvalue weighted by Crippen LogP contribution is 2.49. The molecular formula is C52H35N3O. The van der Waals surface area contributed by atoms with Crippen molar-refractivity contribution >= 4 is 32.7 Å². The Labute approximate surface area is 324 Å². The number of aromatic nitrogens is 3. The lowest BCUT2D eigenvalue weighted by atomic mass is 9.82. The molecular weight excluding hydrogens is 683 g/mol. The van der Waals surface area contributed by atoms with Crippen LogP contribution in [0, 0.1) is 0 Å². The predicted molar refractivity (Wildman–Crippen MR) is 229 cm³/mol. The maximum atomic E-state index is 6.52. The van der Waals surface area contributed by atoms with Gasteiger partial charge in [-0.05, 0) is 85.6 Å². The average molecular weight is 718 g/mol. The molecule has 0 spiro atoms. The molecule has 2 aromatic heterocycles. The monoisotopic (exact) mass is 717 g/mol. The van der Waals surface area contributed by atoms with E-state index in [0.717, 1.165) is 55.3 Å². The summed E-state index contributed by atoms with van der Waals surface area (Å²) in [6, 6.07) is 62.0. The van der Waals surface area contributed by atoms with Crippen LogP contribution in [0.2, 0.25) is 0 Å². The first-order chi connectivity index (χ1) is 27.5. The van der Waals surface area contributed by atoms with Gasteiger partial charge in [-0.15, -0.1) is 0 Å². The van der Waals surface area contributed by atoms with Crippen molar-refractivity contribution in [3.63, 3.8) is 0 Å². The highest BCUT2D eigenvalue weighted by Gasteiger charge is 2.35. The molecule has 264 valence electrons. The molecule has 2 heterocycles. The zero-order chi connectivity index (χ0) is 37.4. The van der Waals surface area contributed by atoms with Crippen LogP contribution < -0.4 is 0 Å². The van der Waals surface area contributed by atoms with E-state index in [1.54, 1.807) is 0 Å². The van der Waals surface area contributed by atoms with Crippen LogP contribution >= 0.6 is 0 Å². The molecule has 0 saturated heterocycles. The maximum absolute atomic E-state index is 6.52.